The van der Waals surface area contributed by atoms with Crippen molar-refractivity contribution in [3.8, 4) is 6.07 Å². The highest BCUT2D eigenvalue weighted by Crippen LogP contribution is 2.19. The molecule has 1 aromatic carbocycles. The lowest BCUT2D eigenvalue weighted by atomic mass is 10.1. The molecule has 4 nitrogen and oxygen atoms in total. The minimum Gasteiger partial charge on any atom is -0.399 e. The van der Waals surface area contributed by atoms with Gasteiger partial charge in [-0.25, -0.2) is 0 Å². The fraction of sp³-hybridized carbons (Fsp3) is 0.385. The van der Waals surface area contributed by atoms with Crippen LogP contribution >= 0.6 is 15.9 Å². The van der Waals surface area contributed by atoms with Crippen molar-refractivity contribution in [3.63, 3.8) is 0 Å². The second kappa shape index (κ2) is 6.41. The van der Waals surface area contributed by atoms with E-state index in [2.05, 4.69) is 22.0 Å². The van der Waals surface area contributed by atoms with Crippen molar-refractivity contribution < 1.29 is 4.79 Å². The van der Waals surface area contributed by atoms with Gasteiger partial charge in [-0.05, 0) is 32.0 Å². The van der Waals surface area contributed by atoms with E-state index in [1.54, 1.807) is 23.1 Å². The highest BCUT2D eigenvalue weighted by atomic mass is 79.9. The monoisotopic (exact) mass is 309 g/mol. The molecule has 0 saturated carbocycles. The third-order valence-corrected chi connectivity index (χ3v) is 2.97. The molecule has 0 spiro atoms. The van der Waals surface area contributed by atoms with Gasteiger partial charge in [0, 0.05) is 28.3 Å². The number of amides is 1. The van der Waals surface area contributed by atoms with E-state index in [-0.39, 0.29) is 11.9 Å². The summed E-state index contributed by atoms with van der Waals surface area (Å²) in [6, 6.07) is 7.23. The predicted octanol–water partition coefficient (Wildman–Crippen LogP) is 2.80. The highest BCUT2D eigenvalue weighted by Gasteiger charge is 2.18. The maximum Gasteiger partial charge on any atom is 0.254 e. The molecule has 0 aromatic heterocycles. The molecule has 0 aliphatic rings. The molecule has 0 unspecified atom stereocenters. The standard InChI is InChI=1S/C13H16BrN3O/c1-9(2)17(5-3-4-15)13(18)10-6-11(14)8-12(16)7-10/h6-9H,3,5,16H2,1-2H3. The molecule has 0 fully saturated rings. The zero-order valence-electron chi connectivity index (χ0n) is 10.5. The van der Waals surface area contributed by atoms with Crippen LogP contribution in [-0.2, 0) is 0 Å². The average molecular weight is 310 g/mol. The summed E-state index contributed by atoms with van der Waals surface area (Å²) >= 11 is 3.32. The molecule has 0 aliphatic heterocycles. The Morgan fingerprint density at radius 2 is 2.17 bits per heavy atom. The van der Waals surface area contributed by atoms with Gasteiger partial charge < -0.3 is 10.6 Å². The fourth-order valence-corrected chi connectivity index (χ4v) is 2.18. The zero-order valence-corrected chi connectivity index (χ0v) is 12.1. The first-order valence-corrected chi connectivity index (χ1v) is 6.49. The number of hydrogen-bond donors (Lipinski definition) is 1. The van der Waals surface area contributed by atoms with Gasteiger partial charge in [-0.2, -0.15) is 5.26 Å². The van der Waals surface area contributed by atoms with Gasteiger partial charge in [-0.1, -0.05) is 15.9 Å². The average Bonchev–Trinajstić information content (AvgIpc) is 2.27. The lowest BCUT2D eigenvalue weighted by molar-refractivity contribution is 0.0710. The minimum atomic E-state index is -0.103. The van der Waals surface area contributed by atoms with Crippen molar-refractivity contribution in [2.24, 2.45) is 0 Å². The first kappa shape index (κ1) is 14.5. The molecule has 96 valence electrons. The Morgan fingerprint density at radius 3 is 2.67 bits per heavy atom. The van der Waals surface area contributed by atoms with Crippen LogP contribution in [0, 0.1) is 11.3 Å². The predicted molar refractivity (Wildman–Crippen MR) is 75.0 cm³/mol. The normalized spacial score (nSPS) is 10.2. The summed E-state index contributed by atoms with van der Waals surface area (Å²) in [4.78, 5) is 14.0. The van der Waals surface area contributed by atoms with Crippen LogP contribution in [0.15, 0.2) is 22.7 Å². The van der Waals surface area contributed by atoms with Crippen LogP contribution in [0.1, 0.15) is 30.6 Å². The van der Waals surface area contributed by atoms with Gasteiger partial charge in [-0.3, -0.25) is 4.79 Å². The van der Waals surface area contributed by atoms with Crippen LogP contribution in [0.25, 0.3) is 0 Å². The SMILES string of the molecule is CC(C)N(CCC#N)C(=O)c1cc(N)cc(Br)c1. The van der Waals surface area contributed by atoms with Gasteiger partial charge >= 0.3 is 0 Å². The van der Waals surface area contributed by atoms with Crippen molar-refractivity contribution in [2.45, 2.75) is 26.3 Å². The van der Waals surface area contributed by atoms with Crippen LogP contribution in [0.4, 0.5) is 5.69 Å². The van der Waals surface area contributed by atoms with E-state index in [1.807, 2.05) is 13.8 Å². The van der Waals surface area contributed by atoms with Gasteiger partial charge in [0.2, 0.25) is 0 Å². The summed E-state index contributed by atoms with van der Waals surface area (Å²) in [5.74, 6) is -0.103. The van der Waals surface area contributed by atoms with E-state index in [0.29, 0.717) is 24.2 Å². The van der Waals surface area contributed by atoms with Crippen molar-refractivity contribution in [1.29, 1.82) is 5.26 Å². The maximum absolute atomic E-state index is 12.3. The lowest BCUT2D eigenvalue weighted by Gasteiger charge is -2.26. The minimum absolute atomic E-state index is 0.0473. The second-order valence-corrected chi connectivity index (χ2v) is 5.19. The topological polar surface area (TPSA) is 70.1 Å². The van der Waals surface area contributed by atoms with Gasteiger partial charge in [0.15, 0.2) is 0 Å². The Morgan fingerprint density at radius 1 is 1.50 bits per heavy atom. The van der Waals surface area contributed by atoms with Crippen LogP contribution < -0.4 is 5.73 Å². The Balaban J connectivity index is 2.98. The Labute approximate surface area is 116 Å². The van der Waals surface area contributed by atoms with Crippen molar-refractivity contribution in [3.05, 3.63) is 28.2 Å². The van der Waals surface area contributed by atoms with E-state index >= 15 is 0 Å². The zero-order chi connectivity index (χ0) is 13.7. The summed E-state index contributed by atoms with van der Waals surface area (Å²) in [5.41, 5.74) is 6.79. The number of rotatable bonds is 4. The summed E-state index contributed by atoms with van der Waals surface area (Å²) < 4.78 is 0.773. The van der Waals surface area contributed by atoms with E-state index in [4.69, 9.17) is 11.0 Å². The molecule has 1 amide bonds. The van der Waals surface area contributed by atoms with Crippen LogP contribution in [0.3, 0.4) is 0 Å². The van der Waals surface area contributed by atoms with E-state index < -0.39 is 0 Å². The maximum atomic E-state index is 12.3. The molecular weight excluding hydrogens is 294 g/mol. The molecule has 0 radical (unpaired) electrons. The van der Waals surface area contributed by atoms with Crippen molar-refractivity contribution in [1.82, 2.24) is 4.90 Å². The number of anilines is 1. The number of hydrogen-bond acceptors (Lipinski definition) is 3. The van der Waals surface area contributed by atoms with Crippen molar-refractivity contribution in [2.75, 3.05) is 12.3 Å². The summed E-state index contributed by atoms with van der Waals surface area (Å²) in [6.45, 7) is 4.28. The number of carbonyl (C=O) groups is 1. The number of nitrogens with two attached hydrogens (primary N) is 1. The van der Waals surface area contributed by atoms with Gasteiger partial charge in [0.05, 0.1) is 12.5 Å². The largest absolute Gasteiger partial charge is 0.399 e. The quantitative estimate of drug-likeness (QED) is 0.869. The Hall–Kier alpha value is -1.54. The molecule has 2 N–H and O–H groups in total. The van der Waals surface area contributed by atoms with E-state index in [0.717, 1.165) is 4.47 Å². The lowest BCUT2D eigenvalue weighted by Crippen LogP contribution is -2.37. The molecule has 5 heteroatoms. The molecular formula is C13H16BrN3O. The molecule has 0 bridgehead atoms. The molecule has 0 atom stereocenters. The summed E-state index contributed by atoms with van der Waals surface area (Å²) in [6.07, 6.45) is 0.327. The number of nitrogens with zero attached hydrogens (tertiary/aromatic N) is 2. The number of halogens is 1. The van der Waals surface area contributed by atoms with E-state index in [1.165, 1.54) is 0 Å². The number of benzene rings is 1. The summed E-state index contributed by atoms with van der Waals surface area (Å²) in [7, 11) is 0. The Bertz CT molecular complexity index is 459. The smallest absolute Gasteiger partial charge is 0.254 e. The molecule has 1 rings (SSSR count). The first-order chi connectivity index (χ1) is 8.45. The fourth-order valence-electron chi connectivity index (χ4n) is 1.67. The molecule has 0 heterocycles. The summed E-state index contributed by atoms with van der Waals surface area (Å²) in [5, 5.41) is 8.62. The van der Waals surface area contributed by atoms with Gasteiger partial charge in [0.25, 0.3) is 5.91 Å². The van der Waals surface area contributed by atoms with Gasteiger partial charge in [-0.15, -0.1) is 0 Å². The van der Waals surface area contributed by atoms with E-state index in [9.17, 15) is 4.79 Å². The third-order valence-electron chi connectivity index (χ3n) is 2.52. The number of nitriles is 1. The Kier molecular flexibility index (Phi) is 5.17. The van der Waals surface area contributed by atoms with Crippen LogP contribution in [0.5, 0.6) is 0 Å². The number of carbonyl (C=O) groups excluding carboxylic acids is 1. The molecule has 18 heavy (non-hydrogen) atoms. The number of nitrogen functional groups attached to an aromatic ring is 1. The van der Waals surface area contributed by atoms with Gasteiger partial charge in [0.1, 0.15) is 0 Å². The first-order valence-electron chi connectivity index (χ1n) is 5.69. The molecule has 0 aliphatic carbocycles. The highest BCUT2D eigenvalue weighted by molar-refractivity contribution is 9.10. The van der Waals surface area contributed by atoms with Crippen LogP contribution in [0.2, 0.25) is 0 Å². The second-order valence-electron chi connectivity index (χ2n) is 4.27. The molecule has 1 aromatic rings. The van der Waals surface area contributed by atoms with Crippen LogP contribution in [-0.4, -0.2) is 23.4 Å². The third kappa shape index (κ3) is 3.74. The molecule has 0 saturated heterocycles. The van der Waals surface area contributed by atoms with Crippen molar-refractivity contribution >= 4 is 27.5 Å².